The number of aliphatic hydroxyl groups is 2. The van der Waals surface area contributed by atoms with E-state index in [1.165, 1.54) is 12.1 Å². The molecular weight excluding hydrogens is 237 g/mol. The van der Waals surface area contributed by atoms with Crippen LogP contribution in [0.25, 0.3) is 0 Å². The first-order valence-electron chi connectivity index (χ1n) is 4.56. The van der Waals surface area contributed by atoms with Gasteiger partial charge in [-0.05, 0) is 18.2 Å². The van der Waals surface area contributed by atoms with Gasteiger partial charge in [0.05, 0.1) is 24.8 Å². The quantitative estimate of drug-likeness (QED) is 0.728. The number of rotatable bonds is 4. The molecule has 0 fully saturated rings. The van der Waals surface area contributed by atoms with E-state index >= 15 is 0 Å². The molecule has 1 aromatic rings. The number of halogens is 2. The Labute approximate surface area is 96.7 Å². The highest BCUT2D eigenvalue weighted by atomic mass is 35.5. The molecule has 6 heteroatoms. The lowest BCUT2D eigenvalue weighted by atomic mass is 10.2. The molecule has 0 unspecified atom stereocenters. The molecule has 0 bridgehead atoms. The normalized spacial score (nSPS) is 10.6. The highest BCUT2D eigenvalue weighted by molar-refractivity contribution is 6.31. The van der Waals surface area contributed by atoms with E-state index < -0.39 is 31.0 Å². The Morgan fingerprint density at radius 1 is 1.44 bits per heavy atom. The van der Waals surface area contributed by atoms with Gasteiger partial charge in [0.1, 0.15) is 5.82 Å². The van der Waals surface area contributed by atoms with Crippen LogP contribution < -0.4 is 5.32 Å². The molecule has 1 aromatic carbocycles. The molecule has 0 saturated carbocycles. The van der Waals surface area contributed by atoms with E-state index in [9.17, 15) is 9.18 Å². The Kier molecular flexibility index (Phi) is 4.67. The summed E-state index contributed by atoms with van der Waals surface area (Å²) in [5.41, 5.74) is -0.223. The summed E-state index contributed by atoms with van der Waals surface area (Å²) in [6.07, 6.45) is 0. The third kappa shape index (κ3) is 3.16. The van der Waals surface area contributed by atoms with Gasteiger partial charge in [0.15, 0.2) is 0 Å². The SMILES string of the molecule is O=C(NC(CO)CO)c1cc(Cl)ccc1F. The molecule has 1 rings (SSSR count). The average molecular weight is 248 g/mol. The fourth-order valence-corrected chi connectivity index (χ4v) is 1.26. The Morgan fingerprint density at radius 3 is 2.62 bits per heavy atom. The summed E-state index contributed by atoms with van der Waals surface area (Å²) in [4.78, 5) is 11.5. The Hall–Kier alpha value is -1.17. The van der Waals surface area contributed by atoms with Crippen molar-refractivity contribution in [2.24, 2.45) is 0 Å². The number of aliphatic hydroxyl groups excluding tert-OH is 2. The minimum Gasteiger partial charge on any atom is -0.394 e. The maximum absolute atomic E-state index is 13.2. The lowest BCUT2D eigenvalue weighted by molar-refractivity contribution is 0.0875. The number of hydrogen-bond donors (Lipinski definition) is 3. The molecule has 0 saturated heterocycles. The molecule has 0 heterocycles. The smallest absolute Gasteiger partial charge is 0.254 e. The molecule has 88 valence electrons. The first-order chi connectivity index (χ1) is 7.58. The zero-order valence-corrected chi connectivity index (χ0v) is 9.04. The van der Waals surface area contributed by atoms with E-state index in [-0.39, 0.29) is 10.6 Å². The second-order valence-corrected chi connectivity index (χ2v) is 3.60. The molecule has 16 heavy (non-hydrogen) atoms. The number of benzene rings is 1. The topological polar surface area (TPSA) is 69.6 Å². The number of carbonyl (C=O) groups excluding carboxylic acids is 1. The van der Waals surface area contributed by atoms with Crippen molar-refractivity contribution in [1.29, 1.82) is 0 Å². The largest absolute Gasteiger partial charge is 0.394 e. The van der Waals surface area contributed by atoms with Crippen LogP contribution in [-0.4, -0.2) is 35.4 Å². The van der Waals surface area contributed by atoms with Gasteiger partial charge in [-0.3, -0.25) is 4.79 Å². The Balaban J connectivity index is 2.83. The molecule has 0 aliphatic heterocycles. The molecule has 1 amide bonds. The van der Waals surface area contributed by atoms with Crippen LogP contribution in [0.5, 0.6) is 0 Å². The van der Waals surface area contributed by atoms with Crippen LogP contribution in [0.3, 0.4) is 0 Å². The third-order valence-electron chi connectivity index (χ3n) is 1.95. The van der Waals surface area contributed by atoms with Crippen LogP contribution in [0, 0.1) is 5.82 Å². The van der Waals surface area contributed by atoms with Gasteiger partial charge in [-0.1, -0.05) is 11.6 Å². The minimum atomic E-state index is -0.814. The first kappa shape index (κ1) is 12.9. The summed E-state index contributed by atoms with van der Waals surface area (Å²) >= 11 is 5.62. The molecule has 4 nitrogen and oxygen atoms in total. The highest BCUT2D eigenvalue weighted by Gasteiger charge is 2.15. The van der Waals surface area contributed by atoms with Crippen molar-refractivity contribution in [1.82, 2.24) is 5.32 Å². The van der Waals surface area contributed by atoms with Gasteiger partial charge >= 0.3 is 0 Å². The van der Waals surface area contributed by atoms with Gasteiger partial charge in [0, 0.05) is 5.02 Å². The lowest BCUT2D eigenvalue weighted by Gasteiger charge is -2.13. The maximum Gasteiger partial charge on any atom is 0.254 e. The molecule has 0 aliphatic carbocycles. The van der Waals surface area contributed by atoms with Crippen molar-refractivity contribution >= 4 is 17.5 Å². The van der Waals surface area contributed by atoms with Crippen molar-refractivity contribution in [2.75, 3.05) is 13.2 Å². The second kappa shape index (κ2) is 5.79. The van der Waals surface area contributed by atoms with Gasteiger partial charge < -0.3 is 15.5 Å². The van der Waals surface area contributed by atoms with E-state index in [0.717, 1.165) is 6.07 Å². The molecule has 0 aromatic heterocycles. The summed E-state index contributed by atoms with van der Waals surface area (Å²) < 4.78 is 13.2. The van der Waals surface area contributed by atoms with Crippen LogP contribution in [0.4, 0.5) is 4.39 Å². The summed E-state index contributed by atoms with van der Waals surface area (Å²) in [7, 11) is 0. The fraction of sp³-hybridized carbons (Fsp3) is 0.300. The predicted octanol–water partition coefficient (Wildman–Crippen LogP) is 0.562. The van der Waals surface area contributed by atoms with Gasteiger partial charge in [-0.15, -0.1) is 0 Å². The Bertz CT molecular complexity index is 382. The van der Waals surface area contributed by atoms with E-state index in [2.05, 4.69) is 5.32 Å². The molecule has 3 N–H and O–H groups in total. The fourth-order valence-electron chi connectivity index (χ4n) is 1.08. The van der Waals surface area contributed by atoms with Crippen LogP contribution in [0.2, 0.25) is 5.02 Å². The molecular formula is C10H11ClFNO3. The van der Waals surface area contributed by atoms with Crippen molar-refractivity contribution < 1.29 is 19.4 Å². The minimum absolute atomic E-state index is 0.223. The molecule has 0 atom stereocenters. The first-order valence-corrected chi connectivity index (χ1v) is 4.94. The molecule has 0 radical (unpaired) electrons. The number of nitrogens with one attached hydrogen (secondary N) is 1. The summed E-state index contributed by atoms with van der Waals surface area (Å²) in [6.45, 7) is -0.852. The zero-order valence-electron chi connectivity index (χ0n) is 8.28. The second-order valence-electron chi connectivity index (χ2n) is 3.16. The highest BCUT2D eigenvalue weighted by Crippen LogP contribution is 2.14. The lowest BCUT2D eigenvalue weighted by Crippen LogP contribution is -2.40. The van der Waals surface area contributed by atoms with E-state index in [1.54, 1.807) is 0 Å². The molecule has 0 aliphatic rings. The van der Waals surface area contributed by atoms with Crippen molar-refractivity contribution in [3.05, 3.63) is 34.6 Å². The average Bonchev–Trinajstić information content (AvgIpc) is 2.28. The Morgan fingerprint density at radius 2 is 2.06 bits per heavy atom. The van der Waals surface area contributed by atoms with Crippen LogP contribution >= 0.6 is 11.6 Å². The van der Waals surface area contributed by atoms with Gasteiger partial charge in [-0.2, -0.15) is 0 Å². The number of hydrogen-bond acceptors (Lipinski definition) is 3. The zero-order chi connectivity index (χ0) is 12.1. The van der Waals surface area contributed by atoms with E-state index in [0.29, 0.717) is 0 Å². The van der Waals surface area contributed by atoms with Crippen LogP contribution in [0.15, 0.2) is 18.2 Å². The standard InChI is InChI=1S/C10H11ClFNO3/c11-6-1-2-9(12)8(3-6)10(16)13-7(4-14)5-15/h1-3,7,14-15H,4-5H2,(H,13,16). The summed E-state index contributed by atoms with van der Waals surface area (Å²) in [5.74, 6) is -1.44. The third-order valence-corrected chi connectivity index (χ3v) is 2.18. The van der Waals surface area contributed by atoms with Crippen LogP contribution in [-0.2, 0) is 0 Å². The van der Waals surface area contributed by atoms with Gasteiger partial charge in [0.2, 0.25) is 0 Å². The van der Waals surface area contributed by atoms with Gasteiger partial charge in [-0.25, -0.2) is 4.39 Å². The number of amides is 1. The van der Waals surface area contributed by atoms with Crippen molar-refractivity contribution in [2.45, 2.75) is 6.04 Å². The van der Waals surface area contributed by atoms with Crippen LogP contribution in [0.1, 0.15) is 10.4 Å². The van der Waals surface area contributed by atoms with Crippen molar-refractivity contribution in [3.8, 4) is 0 Å². The predicted molar refractivity (Wildman–Crippen MR) is 56.8 cm³/mol. The van der Waals surface area contributed by atoms with Crippen molar-refractivity contribution in [3.63, 3.8) is 0 Å². The van der Waals surface area contributed by atoms with E-state index in [4.69, 9.17) is 21.8 Å². The molecule has 0 spiro atoms. The monoisotopic (exact) mass is 247 g/mol. The maximum atomic E-state index is 13.2. The van der Waals surface area contributed by atoms with Gasteiger partial charge in [0.25, 0.3) is 5.91 Å². The number of carbonyl (C=O) groups is 1. The summed E-state index contributed by atoms with van der Waals surface area (Å²) in [6, 6.07) is 2.76. The summed E-state index contributed by atoms with van der Waals surface area (Å²) in [5, 5.41) is 20.0. The van der Waals surface area contributed by atoms with E-state index in [1.807, 2.05) is 0 Å².